The Morgan fingerprint density at radius 1 is 1.29 bits per heavy atom. The van der Waals surface area contributed by atoms with Crippen molar-refractivity contribution >= 4 is 44.8 Å². The van der Waals surface area contributed by atoms with E-state index in [1.807, 2.05) is 6.92 Å². The second kappa shape index (κ2) is 6.24. The summed E-state index contributed by atoms with van der Waals surface area (Å²) in [6.07, 6.45) is 0. The van der Waals surface area contributed by atoms with E-state index in [0.717, 1.165) is 10.0 Å². The van der Waals surface area contributed by atoms with E-state index in [9.17, 15) is 14.9 Å². The van der Waals surface area contributed by atoms with Gasteiger partial charge in [-0.05, 0) is 36.8 Å². The molecule has 2 aromatic rings. The Morgan fingerprint density at radius 3 is 2.62 bits per heavy atom. The molecule has 0 spiro atoms. The van der Waals surface area contributed by atoms with Crippen LogP contribution in [-0.4, -0.2) is 10.8 Å². The summed E-state index contributed by atoms with van der Waals surface area (Å²) in [5.74, 6) is -0.381. The molecule has 0 aliphatic heterocycles. The first kappa shape index (κ1) is 15.5. The van der Waals surface area contributed by atoms with Crippen LogP contribution in [0.1, 0.15) is 15.9 Å². The Morgan fingerprint density at radius 2 is 2.00 bits per heavy atom. The van der Waals surface area contributed by atoms with Crippen molar-refractivity contribution in [2.45, 2.75) is 6.92 Å². The zero-order valence-electron chi connectivity index (χ0n) is 10.9. The quantitative estimate of drug-likeness (QED) is 0.636. The van der Waals surface area contributed by atoms with Gasteiger partial charge in [0.25, 0.3) is 11.6 Å². The van der Waals surface area contributed by atoms with Crippen LogP contribution in [0.2, 0.25) is 5.02 Å². The van der Waals surface area contributed by atoms with Crippen LogP contribution in [0.3, 0.4) is 0 Å². The molecule has 1 amide bonds. The maximum absolute atomic E-state index is 12.2. The molecule has 0 heterocycles. The number of anilines is 1. The van der Waals surface area contributed by atoms with E-state index in [0.29, 0.717) is 5.56 Å². The highest BCUT2D eigenvalue weighted by Crippen LogP contribution is 2.27. The van der Waals surface area contributed by atoms with E-state index in [4.69, 9.17) is 11.6 Å². The summed E-state index contributed by atoms with van der Waals surface area (Å²) in [7, 11) is 0. The van der Waals surface area contributed by atoms with Gasteiger partial charge in [0.2, 0.25) is 0 Å². The van der Waals surface area contributed by atoms with Crippen LogP contribution >= 0.6 is 27.5 Å². The minimum absolute atomic E-state index is 0.137. The van der Waals surface area contributed by atoms with Crippen molar-refractivity contribution in [3.63, 3.8) is 0 Å². The van der Waals surface area contributed by atoms with Gasteiger partial charge in [-0.15, -0.1) is 0 Å². The summed E-state index contributed by atoms with van der Waals surface area (Å²) in [4.78, 5) is 22.4. The summed E-state index contributed by atoms with van der Waals surface area (Å²) in [5, 5.41) is 13.6. The molecule has 0 aliphatic carbocycles. The number of halogens is 2. The average Bonchev–Trinajstić information content (AvgIpc) is 2.43. The van der Waals surface area contributed by atoms with Gasteiger partial charge in [0.05, 0.1) is 15.6 Å². The third kappa shape index (κ3) is 3.59. The molecule has 5 nitrogen and oxygen atoms in total. The number of hydrogen-bond acceptors (Lipinski definition) is 3. The Labute approximate surface area is 134 Å². The summed E-state index contributed by atoms with van der Waals surface area (Å²) >= 11 is 9.30. The second-order valence-electron chi connectivity index (χ2n) is 4.34. The minimum Gasteiger partial charge on any atom is -0.320 e. The molecular formula is C14H10BrClN2O3. The number of hydrogen-bond donors (Lipinski definition) is 1. The van der Waals surface area contributed by atoms with Crippen LogP contribution in [0.4, 0.5) is 11.4 Å². The van der Waals surface area contributed by atoms with Gasteiger partial charge in [0.15, 0.2) is 0 Å². The molecule has 0 saturated carbocycles. The lowest BCUT2D eigenvalue weighted by atomic mass is 10.1. The molecule has 0 aromatic heterocycles. The number of carbonyl (C=O) groups excluding carboxylic acids is 1. The monoisotopic (exact) mass is 368 g/mol. The van der Waals surface area contributed by atoms with Gasteiger partial charge < -0.3 is 5.32 Å². The standard InChI is InChI=1S/C14H10BrClN2O3/c1-8-6-9(2-4-11(8)15)14(19)17-13-7-10(18(20)21)3-5-12(13)16/h2-7H,1H3,(H,17,19). The highest BCUT2D eigenvalue weighted by molar-refractivity contribution is 9.10. The topological polar surface area (TPSA) is 72.2 Å². The van der Waals surface area contributed by atoms with E-state index in [-0.39, 0.29) is 22.3 Å². The lowest BCUT2D eigenvalue weighted by Crippen LogP contribution is -2.12. The molecule has 0 bridgehead atoms. The molecule has 2 aromatic carbocycles. The molecule has 0 unspecified atom stereocenters. The number of aryl methyl sites for hydroxylation is 1. The molecular weight excluding hydrogens is 360 g/mol. The smallest absolute Gasteiger partial charge is 0.271 e. The first-order valence-corrected chi connectivity index (χ1v) is 7.07. The van der Waals surface area contributed by atoms with E-state index >= 15 is 0 Å². The first-order chi connectivity index (χ1) is 9.88. The highest BCUT2D eigenvalue weighted by atomic mass is 79.9. The number of carbonyl (C=O) groups is 1. The maximum atomic E-state index is 12.2. The Bertz CT molecular complexity index is 734. The second-order valence-corrected chi connectivity index (χ2v) is 5.60. The number of nitro groups is 1. The van der Waals surface area contributed by atoms with Gasteiger partial charge in [-0.1, -0.05) is 27.5 Å². The SMILES string of the molecule is Cc1cc(C(=O)Nc2cc([N+](=O)[O-])ccc2Cl)ccc1Br. The molecule has 0 radical (unpaired) electrons. The number of rotatable bonds is 3. The van der Waals surface area contributed by atoms with Crippen molar-refractivity contribution in [2.75, 3.05) is 5.32 Å². The summed E-state index contributed by atoms with van der Waals surface area (Å²) in [6.45, 7) is 1.86. The lowest BCUT2D eigenvalue weighted by molar-refractivity contribution is -0.384. The summed E-state index contributed by atoms with van der Waals surface area (Å²) < 4.78 is 0.896. The van der Waals surface area contributed by atoms with Gasteiger partial charge in [-0.25, -0.2) is 0 Å². The minimum atomic E-state index is -0.546. The predicted octanol–water partition coefficient (Wildman–Crippen LogP) is 4.57. The number of nitrogens with one attached hydrogen (secondary N) is 1. The van der Waals surface area contributed by atoms with Gasteiger partial charge >= 0.3 is 0 Å². The Balaban J connectivity index is 2.28. The van der Waals surface area contributed by atoms with Crippen molar-refractivity contribution in [3.8, 4) is 0 Å². The lowest BCUT2D eigenvalue weighted by Gasteiger charge is -2.08. The van der Waals surface area contributed by atoms with E-state index < -0.39 is 4.92 Å². The van der Waals surface area contributed by atoms with Crippen LogP contribution < -0.4 is 5.32 Å². The van der Waals surface area contributed by atoms with Crippen molar-refractivity contribution in [2.24, 2.45) is 0 Å². The number of non-ortho nitro benzene ring substituents is 1. The molecule has 1 N–H and O–H groups in total. The maximum Gasteiger partial charge on any atom is 0.271 e. The Hall–Kier alpha value is -1.92. The fourth-order valence-electron chi connectivity index (χ4n) is 1.70. The zero-order valence-corrected chi connectivity index (χ0v) is 13.2. The van der Waals surface area contributed by atoms with Crippen molar-refractivity contribution in [3.05, 3.63) is 67.1 Å². The first-order valence-electron chi connectivity index (χ1n) is 5.90. The predicted molar refractivity (Wildman–Crippen MR) is 84.9 cm³/mol. The highest BCUT2D eigenvalue weighted by Gasteiger charge is 2.13. The number of nitro benzene ring substituents is 1. The zero-order chi connectivity index (χ0) is 15.6. The van der Waals surface area contributed by atoms with Crippen molar-refractivity contribution in [1.29, 1.82) is 0 Å². The number of benzene rings is 2. The van der Waals surface area contributed by atoms with Crippen molar-refractivity contribution < 1.29 is 9.72 Å². The fourth-order valence-corrected chi connectivity index (χ4v) is 2.11. The van der Waals surface area contributed by atoms with Crippen LogP contribution in [0.15, 0.2) is 40.9 Å². The molecule has 2 rings (SSSR count). The normalized spacial score (nSPS) is 10.2. The van der Waals surface area contributed by atoms with E-state index in [1.54, 1.807) is 18.2 Å². The molecule has 108 valence electrons. The summed E-state index contributed by atoms with van der Waals surface area (Å²) in [5.41, 5.74) is 1.42. The van der Waals surface area contributed by atoms with Crippen LogP contribution in [0, 0.1) is 17.0 Å². The van der Waals surface area contributed by atoms with Gasteiger partial charge in [0, 0.05) is 22.2 Å². The molecule has 0 saturated heterocycles. The number of nitrogens with zero attached hydrogens (tertiary/aromatic N) is 1. The third-order valence-corrected chi connectivity index (χ3v) is 4.05. The molecule has 7 heteroatoms. The molecule has 0 fully saturated rings. The van der Waals surface area contributed by atoms with Gasteiger partial charge in [0.1, 0.15) is 0 Å². The number of amides is 1. The van der Waals surface area contributed by atoms with Crippen LogP contribution in [0.5, 0.6) is 0 Å². The van der Waals surface area contributed by atoms with Crippen LogP contribution in [-0.2, 0) is 0 Å². The van der Waals surface area contributed by atoms with Crippen LogP contribution in [0.25, 0.3) is 0 Å². The molecule has 0 atom stereocenters. The van der Waals surface area contributed by atoms with E-state index in [1.165, 1.54) is 18.2 Å². The average molecular weight is 370 g/mol. The van der Waals surface area contributed by atoms with Gasteiger partial charge in [-0.2, -0.15) is 0 Å². The third-order valence-electron chi connectivity index (χ3n) is 2.83. The Kier molecular flexibility index (Phi) is 4.59. The van der Waals surface area contributed by atoms with E-state index in [2.05, 4.69) is 21.2 Å². The molecule has 21 heavy (non-hydrogen) atoms. The fraction of sp³-hybridized carbons (Fsp3) is 0.0714. The summed E-state index contributed by atoms with van der Waals surface area (Å²) in [6, 6.07) is 9.01. The molecule has 0 aliphatic rings. The van der Waals surface area contributed by atoms with Crippen molar-refractivity contribution in [1.82, 2.24) is 0 Å². The largest absolute Gasteiger partial charge is 0.320 e. The van der Waals surface area contributed by atoms with Gasteiger partial charge in [-0.3, -0.25) is 14.9 Å².